The Morgan fingerprint density at radius 2 is 2.04 bits per heavy atom. The van der Waals surface area contributed by atoms with E-state index >= 15 is 0 Å². The lowest BCUT2D eigenvalue weighted by atomic mass is 10.1. The van der Waals surface area contributed by atoms with Crippen LogP contribution in [0.2, 0.25) is 0 Å². The van der Waals surface area contributed by atoms with E-state index in [9.17, 15) is 5.26 Å². The van der Waals surface area contributed by atoms with E-state index in [1.165, 1.54) is 23.2 Å². The summed E-state index contributed by atoms with van der Waals surface area (Å²) in [5, 5.41) is 12.3. The molecule has 0 aliphatic rings. The van der Waals surface area contributed by atoms with Crippen LogP contribution >= 0.6 is 11.3 Å². The first-order valence-corrected chi connectivity index (χ1v) is 9.56. The van der Waals surface area contributed by atoms with E-state index in [1.807, 2.05) is 41.8 Å². The minimum atomic E-state index is 0.383. The SMILES string of the molecule is C=COCc1ccc(/C=C(\C#N)c2nc(-c3ccc(C)cc3)cs2)cc1OC. The van der Waals surface area contributed by atoms with E-state index in [2.05, 4.69) is 36.7 Å². The Bertz CT molecular complexity index is 1040. The molecule has 0 N–H and O–H groups in total. The van der Waals surface area contributed by atoms with Gasteiger partial charge in [0.2, 0.25) is 0 Å². The van der Waals surface area contributed by atoms with E-state index in [4.69, 9.17) is 9.47 Å². The van der Waals surface area contributed by atoms with Gasteiger partial charge < -0.3 is 9.47 Å². The van der Waals surface area contributed by atoms with Gasteiger partial charge in [0.1, 0.15) is 23.4 Å². The monoisotopic (exact) mass is 388 g/mol. The Morgan fingerprint density at radius 3 is 2.71 bits per heavy atom. The molecule has 0 amide bonds. The first-order valence-electron chi connectivity index (χ1n) is 8.68. The van der Waals surface area contributed by atoms with Crippen molar-refractivity contribution >= 4 is 23.0 Å². The third kappa shape index (κ3) is 4.48. The van der Waals surface area contributed by atoms with E-state index in [-0.39, 0.29) is 0 Å². The van der Waals surface area contributed by atoms with Crippen LogP contribution in [0.3, 0.4) is 0 Å². The van der Waals surface area contributed by atoms with Crippen molar-refractivity contribution in [2.75, 3.05) is 7.11 Å². The van der Waals surface area contributed by atoms with E-state index < -0.39 is 0 Å². The van der Waals surface area contributed by atoms with Gasteiger partial charge in [0, 0.05) is 16.5 Å². The molecule has 1 heterocycles. The van der Waals surface area contributed by atoms with Crippen molar-refractivity contribution in [3.63, 3.8) is 0 Å². The fourth-order valence-electron chi connectivity index (χ4n) is 2.68. The minimum Gasteiger partial charge on any atom is -0.497 e. The van der Waals surface area contributed by atoms with E-state index in [1.54, 1.807) is 7.11 Å². The summed E-state index contributed by atoms with van der Waals surface area (Å²) in [5.41, 5.74) is 5.40. The molecular weight excluding hydrogens is 368 g/mol. The molecular formula is C23H20N2O2S. The number of thiazole rings is 1. The molecule has 0 unspecified atom stereocenters. The number of rotatable bonds is 7. The van der Waals surface area contributed by atoms with Crippen molar-refractivity contribution in [2.24, 2.45) is 0 Å². The first kappa shape index (κ1) is 19.4. The highest BCUT2D eigenvalue weighted by Gasteiger charge is 2.10. The fraction of sp³-hybridized carbons (Fsp3) is 0.130. The Balaban J connectivity index is 1.89. The summed E-state index contributed by atoms with van der Waals surface area (Å²) in [6.45, 7) is 5.98. The predicted molar refractivity (Wildman–Crippen MR) is 114 cm³/mol. The smallest absolute Gasteiger partial charge is 0.134 e. The molecule has 0 bridgehead atoms. The zero-order chi connectivity index (χ0) is 19.9. The highest BCUT2D eigenvalue weighted by atomic mass is 32.1. The second-order valence-corrected chi connectivity index (χ2v) is 6.98. The molecule has 5 heteroatoms. The highest BCUT2D eigenvalue weighted by molar-refractivity contribution is 7.11. The third-order valence-electron chi connectivity index (χ3n) is 4.18. The molecule has 0 atom stereocenters. The van der Waals surface area contributed by atoms with Gasteiger partial charge in [-0.3, -0.25) is 0 Å². The number of methoxy groups -OCH3 is 1. The second-order valence-electron chi connectivity index (χ2n) is 6.12. The third-order valence-corrected chi connectivity index (χ3v) is 5.06. The summed E-state index contributed by atoms with van der Waals surface area (Å²) in [6, 6.07) is 16.2. The normalized spacial score (nSPS) is 11.0. The first-order chi connectivity index (χ1) is 13.6. The summed E-state index contributed by atoms with van der Waals surface area (Å²) in [6.07, 6.45) is 3.22. The molecule has 3 aromatic rings. The zero-order valence-corrected chi connectivity index (χ0v) is 16.6. The molecule has 4 nitrogen and oxygen atoms in total. The molecule has 0 saturated heterocycles. The summed E-state index contributed by atoms with van der Waals surface area (Å²) in [4.78, 5) is 4.64. The lowest BCUT2D eigenvalue weighted by Gasteiger charge is -2.09. The van der Waals surface area contributed by atoms with Gasteiger partial charge in [-0.05, 0) is 24.6 Å². The van der Waals surface area contributed by atoms with Gasteiger partial charge >= 0.3 is 0 Å². The molecule has 0 fully saturated rings. The standard InChI is InChI=1S/C23H20N2O2S/c1-4-27-14-19-10-7-17(12-22(19)26-3)11-20(13-24)23-25-21(15-28-23)18-8-5-16(2)6-9-18/h4-12,15H,1,14H2,2-3H3/b20-11+. The number of nitriles is 1. The lowest BCUT2D eigenvalue weighted by molar-refractivity contribution is 0.232. The van der Waals surface area contributed by atoms with Gasteiger partial charge in [-0.1, -0.05) is 48.5 Å². The van der Waals surface area contributed by atoms with Crippen LogP contribution in [-0.4, -0.2) is 12.1 Å². The number of aromatic nitrogens is 1. The maximum atomic E-state index is 9.64. The average Bonchev–Trinajstić information content (AvgIpc) is 3.21. The maximum Gasteiger partial charge on any atom is 0.134 e. The molecule has 140 valence electrons. The van der Waals surface area contributed by atoms with Crippen LogP contribution in [0.4, 0.5) is 0 Å². The number of allylic oxidation sites excluding steroid dienone is 1. The Hall–Kier alpha value is -3.36. The Kier molecular flexibility index (Phi) is 6.25. The second kappa shape index (κ2) is 9.03. The van der Waals surface area contributed by atoms with Crippen LogP contribution in [0.5, 0.6) is 5.75 Å². The number of benzene rings is 2. The van der Waals surface area contributed by atoms with Crippen LogP contribution in [0.1, 0.15) is 21.7 Å². The number of hydrogen-bond donors (Lipinski definition) is 0. The van der Waals surface area contributed by atoms with Gasteiger partial charge in [0.25, 0.3) is 0 Å². The van der Waals surface area contributed by atoms with Gasteiger partial charge in [0.15, 0.2) is 0 Å². The number of ether oxygens (including phenoxy) is 2. The molecule has 0 spiro atoms. The number of hydrogen-bond acceptors (Lipinski definition) is 5. The predicted octanol–water partition coefficient (Wildman–Crippen LogP) is 5.85. The van der Waals surface area contributed by atoms with E-state index in [0.717, 1.165) is 22.4 Å². The minimum absolute atomic E-state index is 0.383. The molecule has 0 radical (unpaired) electrons. The lowest BCUT2D eigenvalue weighted by Crippen LogP contribution is -1.94. The van der Waals surface area contributed by atoms with Crippen molar-refractivity contribution in [1.82, 2.24) is 4.98 Å². The van der Waals surface area contributed by atoms with Crippen LogP contribution in [0.15, 0.2) is 60.7 Å². The van der Waals surface area contributed by atoms with Crippen molar-refractivity contribution in [3.8, 4) is 23.1 Å². The van der Waals surface area contributed by atoms with Crippen molar-refractivity contribution in [2.45, 2.75) is 13.5 Å². The summed E-state index contributed by atoms with van der Waals surface area (Å²) < 4.78 is 10.7. The van der Waals surface area contributed by atoms with Crippen LogP contribution < -0.4 is 4.74 Å². The Labute approximate surface area is 169 Å². The van der Waals surface area contributed by atoms with E-state index in [0.29, 0.717) is 22.9 Å². The molecule has 0 aliphatic carbocycles. The number of aryl methyl sites for hydroxylation is 1. The van der Waals surface area contributed by atoms with Gasteiger partial charge in [-0.2, -0.15) is 5.26 Å². The summed E-state index contributed by atoms with van der Waals surface area (Å²) in [7, 11) is 1.61. The summed E-state index contributed by atoms with van der Waals surface area (Å²) >= 11 is 1.46. The molecule has 2 aromatic carbocycles. The fourth-order valence-corrected chi connectivity index (χ4v) is 3.48. The van der Waals surface area contributed by atoms with Gasteiger partial charge in [-0.25, -0.2) is 4.98 Å². The molecule has 28 heavy (non-hydrogen) atoms. The molecule has 1 aromatic heterocycles. The number of nitrogens with zero attached hydrogens (tertiary/aromatic N) is 2. The zero-order valence-electron chi connectivity index (χ0n) is 15.8. The topological polar surface area (TPSA) is 55.1 Å². The summed E-state index contributed by atoms with van der Waals surface area (Å²) in [5.74, 6) is 0.701. The molecule has 0 saturated carbocycles. The quantitative estimate of drug-likeness (QED) is 0.376. The highest BCUT2D eigenvalue weighted by Crippen LogP contribution is 2.29. The van der Waals surface area contributed by atoms with Crippen LogP contribution in [-0.2, 0) is 11.3 Å². The van der Waals surface area contributed by atoms with Crippen LogP contribution in [0, 0.1) is 18.3 Å². The average molecular weight is 388 g/mol. The van der Waals surface area contributed by atoms with Crippen LogP contribution in [0.25, 0.3) is 22.9 Å². The van der Waals surface area contributed by atoms with Crippen molar-refractivity contribution < 1.29 is 9.47 Å². The van der Waals surface area contributed by atoms with Crippen molar-refractivity contribution in [1.29, 1.82) is 5.26 Å². The maximum absolute atomic E-state index is 9.64. The van der Waals surface area contributed by atoms with Gasteiger partial charge in [0.05, 0.1) is 24.6 Å². The Morgan fingerprint density at radius 1 is 1.25 bits per heavy atom. The molecule has 0 aliphatic heterocycles. The van der Waals surface area contributed by atoms with Gasteiger partial charge in [-0.15, -0.1) is 11.3 Å². The molecule has 3 rings (SSSR count). The largest absolute Gasteiger partial charge is 0.497 e. The van der Waals surface area contributed by atoms with Crippen molar-refractivity contribution in [3.05, 3.63) is 82.4 Å².